The number of anilines is 1. The van der Waals surface area contributed by atoms with Crippen LogP contribution in [0.1, 0.15) is 5.56 Å². The maximum atomic E-state index is 13.6. The van der Waals surface area contributed by atoms with E-state index in [2.05, 4.69) is 10.3 Å². The second kappa shape index (κ2) is 6.60. The third-order valence-corrected chi connectivity index (χ3v) is 3.34. The summed E-state index contributed by atoms with van der Waals surface area (Å²) < 4.78 is 31.3. The molecule has 0 unspecified atom stereocenters. The Morgan fingerprint density at radius 2 is 2.00 bits per heavy atom. The predicted molar refractivity (Wildman–Crippen MR) is 77.1 cm³/mol. The van der Waals surface area contributed by atoms with E-state index in [9.17, 15) is 13.6 Å². The van der Waals surface area contributed by atoms with E-state index in [-0.39, 0.29) is 16.0 Å². The van der Waals surface area contributed by atoms with Crippen molar-refractivity contribution < 1.29 is 18.3 Å². The van der Waals surface area contributed by atoms with Crippen molar-refractivity contribution in [3.05, 3.63) is 57.3 Å². The molecule has 0 atom stereocenters. The Bertz CT molecular complexity index is 623. The summed E-state index contributed by atoms with van der Waals surface area (Å²) in [5.74, 6) is -2.08. The Balaban J connectivity index is 1.97. The minimum Gasteiger partial charge on any atom is -0.444 e. The second-order valence-electron chi connectivity index (χ2n) is 3.77. The van der Waals surface area contributed by atoms with E-state index >= 15 is 0 Å². The molecule has 0 aliphatic carbocycles. The average molecular weight is 390 g/mol. The Hall–Kier alpha value is -1.77. The zero-order valence-electron chi connectivity index (χ0n) is 10.1. The lowest BCUT2D eigenvalue weighted by atomic mass is 10.2. The van der Waals surface area contributed by atoms with E-state index in [1.54, 1.807) is 24.3 Å². The number of carbonyl (C=O) groups excluding carboxylic acids is 1. The van der Waals surface area contributed by atoms with Gasteiger partial charge in [0.05, 0.1) is 9.77 Å². The lowest BCUT2D eigenvalue weighted by molar-refractivity contribution is 0.155. The van der Waals surface area contributed by atoms with Crippen LogP contribution in [0.5, 0.6) is 0 Å². The maximum Gasteiger partial charge on any atom is 0.413 e. The summed E-state index contributed by atoms with van der Waals surface area (Å²) in [6.45, 7) is 0.0482. The number of pyridine rings is 1. The van der Waals surface area contributed by atoms with Crippen molar-refractivity contribution in [1.82, 2.24) is 4.98 Å². The number of rotatable bonds is 3. The van der Waals surface area contributed by atoms with Gasteiger partial charge in [0.2, 0.25) is 0 Å². The molecule has 0 spiro atoms. The molecule has 0 saturated carbocycles. The van der Waals surface area contributed by atoms with E-state index in [0.29, 0.717) is 0 Å². The number of ether oxygens (including phenoxy) is 1. The third kappa shape index (κ3) is 3.62. The molecular formula is C13H9F2IN2O2. The summed E-state index contributed by atoms with van der Waals surface area (Å²) in [6.07, 6.45) is -0.0276. The second-order valence-corrected chi connectivity index (χ2v) is 4.85. The van der Waals surface area contributed by atoms with Crippen LogP contribution in [0, 0.1) is 15.2 Å². The Morgan fingerprint density at radius 3 is 2.70 bits per heavy atom. The highest BCUT2D eigenvalue weighted by Gasteiger charge is 2.15. The van der Waals surface area contributed by atoms with Gasteiger partial charge >= 0.3 is 6.09 Å². The van der Waals surface area contributed by atoms with Crippen LogP contribution in [0.2, 0.25) is 0 Å². The molecule has 7 heteroatoms. The topological polar surface area (TPSA) is 51.2 Å². The third-order valence-electron chi connectivity index (χ3n) is 2.35. The van der Waals surface area contributed by atoms with Crippen LogP contribution >= 0.6 is 22.6 Å². The number of halogens is 3. The first kappa shape index (κ1) is 14.6. The molecule has 0 bridgehead atoms. The lowest BCUT2D eigenvalue weighted by Crippen LogP contribution is -2.16. The standard InChI is InChI=1S/C13H9F2IN2O2/c14-9-6-17-12(10(15)11(9)16)18-13(19)20-7-8-4-2-1-3-5-8/h1-6H,7H2,(H,17,18,19). The summed E-state index contributed by atoms with van der Waals surface area (Å²) in [7, 11) is 0. The number of nitrogens with one attached hydrogen (secondary N) is 1. The Morgan fingerprint density at radius 1 is 1.30 bits per heavy atom. The molecule has 0 aliphatic rings. The van der Waals surface area contributed by atoms with Crippen LogP contribution < -0.4 is 5.32 Å². The highest BCUT2D eigenvalue weighted by molar-refractivity contribution is 14.1. The van der Waals surface area contributed by atoms with Crippen molar-refractivity contribution in [2.45, 2.75) is 6.61 Å². The van der Waals surface area contributed by atoms with Crippen LogP contribution in [-0.2, 0) is 11.3 Å². The fourth-order valence-electron chi connectivity index (χ4n) is 1.39. The number of carbonyl (C=O) groups is 1. The molecular weight excluding hydrogens is 381 g/mol. The average Bonchev–Trinajstić information content (AvgIpc) is 2.47. The molecule has 1 amide bonds. The zero-order valence-corrected chi connectivity index (χ0v) is 12.2. The number of aromatic nitrogens is 1. The predicted octanol–water partition coefficient (Wildman–Crippen LogP) is 3.71. The van der Waals surface area contributed by atoms with Crippen molar-refractivity contribution in [3.8, 4) is 0 Å². The van der Waals surface area contributed by atoms with Gasteiger partial charge in [0.1, 0.15) is 6.61 Å². The molecule has 20 heavy (non-hydrogen) atoms. The first-order valence-corrected chi connectivity index (χ1v) is 6.63. The first-order chi connectivity index (χ1) is 9.58. The van der Waals surface area contributed by atoms with Crippen LogP contribution in [0.4, 0.5) is 19.4 Å². The maximum absolute atomic E-state index is 13.6. The monoisotopic (exact) mass is 390 g/mol. The van der Waals surface area contributed by atoms with Crippen LogP contribution in [0.15, 0.2) is 36.5 Å². The van der Waals surface area contributed by atoms with Gasteiger partial charge < -0.3 is 4.74 Å². The first-order valence-electron chi connectivity index (χ1n) is 5.55. The van der Waals surface area contributed by atoms with Crippen LogP contribution in [0.3, 0.4) is 0 Å². The molecule has 2 aromatic rings. The zero-order chi connectivity index (χ0) is 14.5. The minimum atomic E-state index is -0.928. The lowest BCUT2D eigenvalue weighted by Gasteiger charge is -2.08. The Kier molecular flexibility index (Phi) is 4.83. The molecule has 0 fully saturated rings. The van der Waals surface area contributed by atoms with Gasteiger partial charge in [-0.3, -0.25) is 5.32 Å². The fraction of sp³-hybridized carbons (Fsp3) is 0.0769. The minimum absolute atomic E-state index is 0.0482. The van der Waals surface area contributed by atoms with Gasteiger partial charge in [0.15, 0.2) is 17.5 Å². The summed E-state index contributed by atoms with van der Waals surface area (Å²) in [6, 6.07) is 9.02. The molecule has 2 rings (SSSR count). The highest BCUT2D eigenvalue weighted by atomic mass is 127. The largest absolute Gasteiger partial charge is 0.444 e. The fourth-order valence-corrected chi connectivity index (χ4v) is 1.78. The van der Waals surface area contributed by atoms with Gasteiger partial charge in [-0.25, -0.2) is 18.6 Å². The Labute approximate surface area is 127 Å². The van der Waals surface area contributed by atoms with E-state index in [1.807, 2.05) is 6.07 Å². The SMILES string of the molecule is O=C(Nc1ncc(F)c(I)c1F)OCc1ccccc1. The number of hydrogen-bond donors (Lipinski definition) is 1. The summed E-state index contributed by atoms with van der Waals surface area (Å²) >= 11 is 1.49. The van der Waals surface area contributed by atoms with Gasteiger partial charge in [-0.05, 0) is 28.2 Å². The highest BCUT2D eigenvalue weighted by Crippen LogP contribution is 2.20. The van der Waals surface area contributed by atoms with Crippen molar-refractivity contribution >= 4 is 34.5 Å². The van der Waals surface area contributed by atoms with Gasteiger partial charge in [0, 0.05) is 0 Å². The number of nitrogens with zero attached hydrogens (tertiary/aromatic N) is 1. The number of amides is 1. The van der Waals surface area contributed by atoms with Gasteiger partial charge in [0.25, 0.3) is 0 Å². The summed E-state index contributed by atoms with van der Waals surface area (Å²) in [5, 5.41) is 2.13. The molecule has 1 heterocycles. The van der Waals surface area contributed by atoms with Crippen molar-refractivity contribution in [2.75, 3.05) is 5.32 Å². The van der Waals surface area contributed by atoms with Gasteiger partial charge in [-0.15, -0.1) is 0 Å². The molecule has 0 radical (unpaired) electrons. The van der Waals surface area contributed by atoms with Gasteiger partial charge in [-0.1, -0.05) is 30.3 Å². The molecule has 1 N–H and O–H groups in total. The van der Waals surface area contributed by atoms with E-state index in [4.69, 9.17) is 4.74 Å². The van der Waals surface area contributed by atoms with Crippen molar-refractivity contribution in [2.24, 2.45) is 0 Å². The number of benzene rings is 1. The van der Waals surface area contributed by atoms with Crippen LogP contribution in [0.25, 0.3) is 0 Å². The van der Waals surface area contributed by atoms with Gasteiger partial charge in [-0.2, -0.15) is 0 Å². The smallest absolute Gasteiger partial charge is 0.413 e. The molecule has 0 saturated heterocycles. The number of hydrogen-bond acceptors (Lipinski definition) is 3. The van der Waals surface area contributed by atoms with Crippen molar-refractivity contribution in [3.63, 3.8) is 0 Å². The van der Waals surface area contributed by atoms with E-state index < -0.39 is 17.7 Å². The van der Waals surface area contributed by atoms with E-state index in [1.165, 1.54) is 22.6 Å². The van der Waals surface area contributed by atoms with Crippen molar-refractivity contribution in [1.29, 1.82) is 0 Å². The van der Waals surface area contributed by atoms with E-state index in [0.717, 1.165) is 11.8 Å². The normalized spacial score (nSPS) is 10.2. The molecule has 1 aromatic heterocycles. The molecule has 1 aromatic carbocycles. The molecule has 104 valence electrons. The molecule has 0 aliphatic heterocycles. The summed E-state index contributed by atoms with van der Waals surface area (Å²) in [5.41, 5.74) is 0.796. The summed E-state index contributed by atoms with van der Waals surface area (Å²) in [4.78, 5) is 15.0. The van der Waals surface area contributed by atoms with Crippen LogP contribution in [-0.4, -0.2) is 11.1 Å². The molecule has 4 nitrogen and oxygen atoms in total. The quantitative estimate of drug-likeness (QED) is 0.814.